The van der Waals surface area contributed by atoms with Gasteiger partial charge in [0.25, 0.3) is 0 Å². The lowest BCUT2D eigenvalue weighted by Crippen LogP contribution is -2.49. The largest absolute Gasteiger partial charge is 0.444 e. The maximum absolute atomic E-state index is 12.2. The summed E-state index contributed by atoms with van der Waals surface area (Å²) in [6, 6.07) is 10.6. The number of carbonyl (C=O) groups excluding carboxylic acids is 1. The first-order valence-electron chi connectivity index (χ1n) is 8.06. The number of epoxide rings is 1. The van der Waals surface area contributed by atoms with Crippen LogP contribution in [-0.4, -0.2) is 42.4 Å². The van der Waals surface area contributed by atoms with Gasteiger partial charge in [-0.1, -0.05) is 30.3 Å². The Morgan fingerprint density at radius 1 is 1.23 bits per heavy atom. The first kappa shape index (κ1) is 15.3. The van der Waals surface area contributed by atoms with Crippen molar-refractivity contribution >= 4 is 6.09 Å². The summed E-state index contributed by atoms with van der Waals surface area (Å²) in [5, 5.41) is 0. The normalized spacial score (nSPS) is 24.0. The van der Waals surface area contributed by atoms with Crippen molar-refractivity contribution in [1.82, 2.24) is 4.90 Å². The predicted molar refractivity (Wildman–Crippen MR) is 84.9 cm³/mol. The second-order valence-electron chi connectivity index (χ2n) is 7.31. The van der Waals surface area contributed by atoms with Gasteiger partial charge in [-0.2, -0.15) is 0 Å². The summed E-state index contributed by atoms with van der Waals surface area (Å²) in [6.45, 7) is 8.00. The molecule has 4 heteroatoms. The van der Waals surface area contributed by atoms with Crippen LogP contribution in [0.15, 0.2) is 30.3 Å². The molecule has 2 aliphatic rings. The fourth-order valence-corrected chi connectivity index (χ4v) is 3.35. The Morgan fingerprint density at radius 2 is 1.82 bits per heavy atom. The molecular weight excluding hydrogens is 278 g/mol. The van der Waals surface area contributed by atoms with Gasteiger partial charge >= 0.3 is 6.09 Å². The molecule has 0 spiro atoms. The molecule has 4 nitrogen and oxygen atoms in total. The minimum Gasteiger partial charge on any atom is -0.444 e. The monoisotopic (exact) mass is 303 g/mol. The highest BCUT2D eigenvalue weighted by molar-refractivity contribution is 5.68. The van der Waals surface area contributed by atoms with Gasteiger partial charge in [0, 0.05) is 18.5 Å². The molecule has 1 aromatic rings. The van der Waals surface area contributed by atoms with Crippen LogP contribution in [0.1, 0.15) is 39.2 Å². The third-order valence-electron chi connectivity index (χ3n) is 4.61. The lowest BCUT2D eigenvalue weighted by atomic mass is 9.70. The van der Waals surface area contributed by atoms with Crippen LogP contribution in [0.3, 0.4) is 0 Å². The number of hydrogen-bond donors (Lipinski definition) is 0. The van der Waals surface area contributed by atoms with Crippen LogP contribution in [-0.2, 0) is 14.9 Å². The Hall–Kier alpha value is -1.55. The lowest BCUT2D eigenvalue weighted by Gasteiger charge is -2.41. The van der Waals surface area contributed by atoms with Gasteiger partial charge in [-0.05, 0) is 39.2 Å². The number of benzene rings is 1. The number of hydrogen-bond acceptors (Lipinski definition) is 3. The van der Waals surface area contributed by atoms with Crippen LogP contribution in [0, 0.1) is 0 Å². The second-order valence-corrected chi connectivity index (χ2v) is 7.31. The molecule has 3 rings (SSSR count). The molecule has 2 fully saturated rings. The van der Waals surface area contributed by atoms with E-state index >= 15 is 0 Å². The molecule has 0 radical (unpaired) electrons. The molecule has 1 unspecified atom stereocenters. The molecule has 0 aliphatic carbocycles. The van der Waals surface area contributed by atoms with E-state index in [1.54, 1.807) is 0 Å². The summed E-state index contributed by atoms with van der Waals surface area (Å²) in [7, 11) is 0. The van der Waals surface area contributed by atoms with Crippen molar-refractivity contribution in [3.8, 4) is 0 Å². The molecule has 1 amide bonds. The first-order valence-corrected chi connectivity index (χ1v) is 8.06. The zero-order valence-corrected chi connectivity index (χ0v) is 13.7. The van der Waals surface area contributed by atoms with Gasteiger partial charge in [0.1, 0.15) is 5.60 Å². The van der Waals surface area contributed by atoms with Crippen LogP contribution in [0.2, 0.25) is 0 Å². The van der Waals surface area contributed by atoms with Crippen LogP contribution in [0.25, 0.3) is 0 Å². The van der Waals surface area contributed by atoms with E-state index in [1.807, 2.05) is 31.7 Å². The highest BCUT2D eigenvalue weighted by Gasteiger charge is 2.50. The quantitative estimate of drug-likeness (QED) is 0.787. The zero-order chi connectivity index (χ0) is 15.8. The highest BCUT2D eigenvalue weighted by atomic mass is 16.6. The van der Waals surface area contributed by atoms with Gasteiger partial charge in [-0.3, -0.25) is 0 Å². The predicted octanol–water partition coefficient (Wildman–Crippen LogP) is 3.35. The molecular formula is C18H25NO3. The summed E-state index contributed by atoms with van der Waals surface area (Å²) in [6.07, 6.45) is 1.96. The number of carbonyl (C=O) groups is 1. The molecule has 2 aliphatic heterocycles. The SMILES string of the molecule is CC(C)(C)OC(=O)N1CCC(c2ccccc2)(C2CO2)CC1. The van der Waals surface area contributed by atoms with Gasteiger partial charge in [0.15, 0.2) is 0 Å². The number of likely N-dealkylation sites (tertiary alicyclic amines) is 1. The van der Waals surface area contributed by atoms with Crippen LogP contribution in [0.4, 0.5) is 4.79 Å². The van der Waals surface area contributed by atoms with Gasteiger partial charge in [-0.25, -0.2) is 4.79 Å². The average molecular weight is 303 g/mol. The summed E-state index contributed by atoms with van der Waals surface area (Å²) >= 11 is 0. The molecule has 1 atom stereocenters. The van der Waals surface area contributed by atoms with Crippen LogP contribution in [0.5, 0.6) is 0 Å². The Balaban J connectivity index is 1.70. The minimum atomic E-state index is -0.440. The Morgan fingerprint density at radius 3 is 2.32 bits per heavy atom. The maximum atomic E-state index is 12.2. The van der Waals surface area contributed by atoms with E-state index in [2.05, 4.69) is 24.3 Å². The fourth-order valence-electron chi connectivity index (χ4n) is 3.35. The molecule has 0 N–H and O–H groups in total. The van der Waals surface area contributed by atoms with Crippen molar-refractivity contribution in [2.24, 2.45) is 0 Å². The van der Waals surface area contributed by atoms with E-state index in [0.717, 1.165) is 32.5 Å². The minimum absolute atomic E-state index is 0.0553. The van der Waals surface area contributed by atoms with E-state index in [4.69, 9.17) is 9.47 Å². The summed E-state index contributed by atoms with van der Waals surface area (Å²) in [4.78, 5) is 14.0. The third-order valence-corrected chi connectivity index (χ3v) is 4.61. The van der Waals surface area contributed by atoms with Crippen molar-refractivity contribution in [3.63, 3.8) is 0 Å². The fraction of sp³-hybridized carbons (Fsp3) is 0.611. The summed E-state index contributed by atoms with van der Waals surface area (Å²) < 4.78 is 11.1. The van der Waals surface area contributed by atoms with Crippen LogP contribution >= 0.6 is 0 Å². The Bertz CT molecular complexity index is 523. The number of nitrogens with zero attached hydrogens (tertiary/aromatic N) is 1. The smallest absolute Gasteiger partial charge is 0.410 e. The average Bonchev–Trinajstić information content (AvgIpc) is 3.31. The number of amides is 1. The Kier molecular flexibility index (Phi) is 3.89. The van der Waals surface area contributed by atoms with Gasteiger partial charge < -0.3 is 14.4 Å². The van der Waals surface area contributed by atoms with E-state index in [-0.39, 0.29) is 11.5 Å². The molecule has 120 valence electrons. The standard InChI is InChI=1S/C18H25NO3/c1-17(2,3)22-16(20)19-11-9-18(10-12-19,15-13-21-15)14-7-5-4-6-8-14/h4-8,15H,9-13H2,1-3H3. The summed E-state index contributed by atoms with van der Waals surface area (Å²) in [5.41, 5.74) is 0.950. The van der Waals surface area contributed by atoms with E-state index in [1.165, 1.54) is 5.56 Å². The van der Waals surface area contributed by atoms with Gasteiger partial charge in [0.2, 0.25) is 0 Å². The lowest BCUT2D eigenvalue weighted by molar-refractivity contribution is 0.0146. The third kappa shape index (κ3) is 3.12. The Labute approximate surface area is 132 Å². The van der Waals surface area contributed by atoms with E-state index in [0.29, 0.717) is 6.10 Å². The highest BCUT2D eigenvalue weighted by Crippen LogP contribution is 2.44. The molecule has 22 heavy (non-hydrogen) atoms. The molecule has 0 saturated carbocycles. The van der Waals surface area contributed by atoms with Crippen LogP contribution < -0.4 is 0 Å². The van der Waals surface area contributed by atoms with E-state index < -0.39 is 5.60 Å². The second kappa shape index (κ2) is 5.58. The maximum Gasteiger partial charge on any atom is 0.410 e. The van der Waals surface area contributed by atoms with Crippen molar-refractivity contribution in [2.45, 2.75) is 50.7 Å². The van der Waals surface area contributed by atoms with Crippen molar-refractivity contribution in [3.05, 3.63) is 35.9 Å². The zero-order valence-electron chi connectivity index (χ0n) is 13.7. The number of rotatable bonds is 2. The molecule has 2 saturated heterocycles. The van der Waals surface area contributed by atoms with Gasteiger partial charge in [0.05, 0.1) is 12.7 Å². The number of piperidine rings is 1. The van der Waals surface area contributed by atoms with Gasteiger partial charge in [-0.15, -0.1) is 0 Å². The summed E-state index contributed by atoms with van der Waals surface area (Å²) in [5.74, 6) is 0. The molecule has 1 aromatic carbocycles. The van der Waals surface area contributed by atoms with Crippen molar-refractivity contribution < 1.29 is 14.3 Å². The van der Waals surface area contributed by atoms with Crippen molar-refractivity contribution in [1.29, 1.82) is 0 Å². The molecule has 0 bridgehead atoms. The first-order chi connectivity index (χ1) is 10.4. The number of ether oxygens (including phenoxy) is 2. The van der Waals surface area contributed by atoms with E-state index in [9.17, 15) is 4.79 Å². The molecule has 0 aromatic heterocycles. The van der Waals surface area contributed by atoms with Crippen molar-refractivity contribution in [2.75, 3.05) is 19.7 Å². The topological polar surface area (TPSA) is 42.1 Å². The molecule has 2 heterocycles.